The van der Waals surface area contributed by atoms with Crippen molar-refractivity contribution in [2.45, 2.75) is 19.8 Å². The fraction of sp³-hybridized carbons (Fsp3) is 0.600. The number of nitrogens with two attached hydrogens (primary N) is 1. The van der Waals surface area contributed by atoms with Gasteiger partial charge in [0.25, 0.3) is 0 Å². The largest absolute Gasteiger partial charge is 0.374 e. The SMILES string of the molecule is CC(C)c1nnc(N)s1.Cl. The lowest BCUT2D eigenvalue weighted by Crippen LogP contribution is -1.84. The van der Waals surface area contributed by atoms with Crippen molar-refractivity contribution in [1.82, 2.24) is 10.2 Å². The molecule has 1 heterocycles. The molecular weight excluding hydrogens is 170 g/mol. The molecule has 0 amide bonds. The van der Waals surface area contributed by atoms with Crippen LogP contribution in [0.1, 0.15) is 24.8 Å². The Hall–Kier alpha value is -0.350. The van der Waals surface area contributed by atoms with Crippen molar-refractivity contribution >= 4 is 28.9 Å². The van der Waals surface area contributed by atoms with Crippen LogP contribution >= 0.6 is 23.7 Å². The standard InChI is InChI=1S/C5H9N3S.ClH/c1-3(2)4-7-8-5(6)9-4;/h3H,1-2H3,(H2,6,8);1H. The summed E-state index contributed by atoms with van der Waals surface area (Å²) in [6, 6.07) is 0. The average molecular weight is 180 g/mol. The van der Waals surface area contributed by atoms with Crippen LogP contribution in [0.3, 0.4) is 0 Å². The summed E-state index contributed by atoms with van der Waals surface area (Å²) in [7, 11) is 0. The first kappa shape index (κ1) is 9.65. The molecular formula is C5H10ClN3S. The van der Waals surface area contributed by atoms with Gasteiger partial charge in [-0.3, -0.25) is 0 Å². The Morgan fingerprint density at radius 1 is 1.40 bits per heavy atom. The molecule has 3 nitrogen and oxygen atoms in total. The monoisotopic (exact) mass is 179 g/mol. The zero-order valence-electron chi connectivity index (χ0n) is 5.87. The highest BCUT2D eigenvalue weighted by atomic mass is 35.5. The van der Waals surface area contributed by atoms with Gasteiger partial charge in [0.1, 0.15) is 5.01 Å². The Kier molecular flexibility index (Phi) is 3.60. The molecule has 1 aromatic heterocycles. The van der Waals surface area contributed by atoms with Crippen molar-refractivity contribution in [3.63, 3.8) is 0 Å². The van der Waals surface area contributed by atoms with Gasteiger partial charge in [-0.05, 0) is 0 Å². The molecule has 0 aliphatic heterocycles. The molecule has 58 valence electrons. The molecule has 0 bridgehead atoms. The topological polar surface area (TPSA) is 51.8 Å². The Morgan fingerprint density at radius 2 is 2.00 bits per heavy atom. The predicted octanol–water partition coefficient (Wildman–Crippen LogP) is 1.67. The van der Waals surface area contributed by atoms with E-state index in [1.165, 1.54) is 11.3 Å². The molecule has 0 spiro atoms. The maximum atomic E-state index is 5.36. The highest BCUT2D eigenvalue weighted by molar-refractivity contribution is 7.15. The van der Waals surface area contributed by atoms with E-state index in [0.29, 0.717) is 11.0 Å². The summed E-state index contributed by atoms with van der Waals surface area (Å²) in [5.74, 6) is 0.444. The first-order valence-electron chi connectivity index (χ1n) is 2.79. The Morgan fingerprint density at radius 3 is 2.20 bits per heavy atom. The molecule has 0 saturated heterocycles. The summed E-state index contributed by atoms with van der Waals surface area (Å²) in [6.07, 6.45) is 0. The molecule has 0 aliphatic carbocycles. The minimum absolute atomic E-state index is 0. The van der Waals surface area contributed by atoms with Gasteiger partial charge in [0.05, 0.1) is 0 Å². The van der Waals surface area contributed by atoms with Crippen LogP contribution in [0.5, 0.6) is 0 Å². The molecule has 0 atom stereocenters. The molecule has 10 heavy (non-hydrogen) atoms. The minimum Gasteiger partial charge on any atom is -0.374 e. The lowest BCUT2D eigenvalue weighted by molar-refractivity contribution is 0.826. The Labute approximate surface area is 70.1 Å². The van der Waals surface area contributed by atoms with Crippen LogP contribution in [0.4, 0.5) is 5.13 Å². The van der Waals surface area contributed by atoms with Gasteiger partial charge in [-0.2, -0.15) is 0 Å². The van der Waals surface area contributed by atoms with Gasteiger partial charge in [0.2, 0.25) is 5.13 Å². The van der Waals surface area contributed by atoms with E-state index in [4.69, 9.17) is 5.73 Å². The van der Waals surface area contributed by atoms with Crippen LogP contribution in [-0.2, 0) is 0 Å². The second kappa shape index (κ2) is 3.73. The van der Waals surface area contributed by atoms with Crippen molar-refractivity contribution in [3.8, 4) is 0 Å². The second-order valence-electron chi connectivity index (χ2n) is 2.13. The molecule has 0 fully saturated rings. The fourth-order valence-electron chi connectivity index (χ4n) is 0.480. The molecule has 0 saturated carbocycles. The number of anilines is 1. The summed E-state index contributed by atoms with van der Waals surface area (Å²) >= 11 is 1.45. The average Bonchev–Trinajstić information content (AvgIpc) is 2.14. The molecule has 1 aromatic rings. The molecule has 1 rings (SSSR count). The van der Waals surface area contributed by atoms with Gasteiger partial charge < -0.3 is 5.73 Å². The summed E-state index contributed by atoms with van der Waals surface area (Å²) in [5.41, 5.74) is 5.36. The third kappa shape index (κ3) is 2.11. The maximum absolute atomic E-state index is 5.36. The third-order valence-corrected chi connectivity index (χ3v) is 2.00. The smallest absolute Gasteiger partial charge is 0.203 e. The highest BCUT2D eigenvalue weighted by Gasteiger charge is 2.03. The molecule has 0 unspecified atom stereocenters. The van der Waals surface area contributed by atoms with E-state index in [0.717, 1.165) is 5.01 Å². The van der Waals surface area contributed by atoms with E-state index in [1.807, 2.05) is 0 Å². The number of nitrogens with zero attached hydrogens (tertiary/aromatic N) is 2. The summed E-state index contributed by atoms with van der Waals surface area (Å²) in [4.78, 5) is 0. The predicted molar refractivity (Wildman–Crippen MR) is 45.7 cm³/mol. The van der Waals surface area contributed by atoms with Gasteiger partial charge >= 0.3 is 0 Å². The van der Waals surface area contributed by atoms with E-state index in [-0.39, 0.29) is 12.4 Å². The maximum Gasteiger partial charge on any atom is 0.203 e. The van der Waals surface area contributed by atoms with E-state index < -0.39 is 0 Å². The van der Waals surface area contributed by atoms with Gasteiger partial charge in [-0.25, -0.2) is 0 Å². The van der Waals surface area contributed by atoms with Crippen molar-refractivity contribution in [1.29, 1.82) is 0 Å². The van der Waals surface area contributed by atoms with Crippen LogP contribution < -0.4 is 5.73 Å². The molecule has 0 aromatic carbocycles. The van der Waals surface area contributed by atoms with E-state index in [9.17, 15) is 0 Å². The van der Waals surface area contributed by atoms with Crippen LogP contribution in [-0.4, -0.2) is 10.2 Å². The van der Waals surface area contributed by atoms with Crippen molar-refractivity contribution < 1.29 is 0 Å². The van der Waals surface area contributed by atoms with E-state index >= 15 is 0 Å². The lowest BCUT2D eigenvalue weighted by atomic mass is 10.2. The number of aromatic nitrogens is 2. The normalized spacial score (nSPS) is 9.50. The van der Waals surface area contributed by atoms with E-state index in [2.05, 4.69) is 24.0 Å². The number of hydrogen-bond donors (Lipinski definition) is 1. The number of rotatable bonds is 1. The molecule has 2 N–H and O–H groups in total. The van der Waals surface area contributed by atoms with E-state index in [1.54, 1.807) is 0 Å². The molecule has 0 radical (unpaired) electrons. The third-order valence-electron chi connectivity index (χ3n) is 0.950. The fourth-order valence-corrected chi connectivity index (χ4v) is 1.09. The Bertz CT molecular complexity index is 199. The molecule has 0 aliphatic rings. The second-order valence-corrected chi connectivity index (χ2v) is 3.17. The summed E-state index contributed by atoms with van der Waals surface area (Å²) < 4.78 is 0. The zero-order valence-corrected chi connectivity index (χ0v) is 7.50. The van der Waals surface area contributed by atoms with Gasteiger partial charge in [0, 0.05) is 5.92 Å². The number of hydrogen-bond acceptors (Lipinski definition) is 4. The first-order valence-corrected chi connectivity index (χ1v) is 3.60. The molecule has 5 heteroatoms. The van der Waals surface area contributed by atoms with Crippen LogP contribution in [0, 0.1) is 0 Å². The minimum atomic E-state index is 0. The summed E-state index contributed by atoms with van der Waals surface area (Å²) in [5, 5.41) is 9.10. The van der Waals surface area contributed by atoms with Gasteiger partial charge in [-0.15, -0.1) is 22.6 Å². The van der Waals surface area contributed by atoms with Crippen LogP contribution in [0.15, 0.2) is 0 Å². The Balaban J connectivity index is 0.000000810. The van der Waals surface area contributed by atoms with Crippen molar-refractivity contribution in [2.24, 2.45) is 0 Å². The highest BCUT2D eigenvalue weighted by Crippen LogP contribution is 2.19. The van der Waals surface area contributed by atoms with Gasteiger partial charge in [0.15, 0.2) is 0 Å². The van der Waals surface area contributed by atoms with Gasteiger partial charge in [-0.1, -0.05) is 25.2 Å². The van der Waals surface area contributed by atoms with Crippen molar-refractivity contribution in [3.05, 3.63) is 5.01 Å². The van der Waals surface area contributed by atoms with Crippen LogP contribution in [0.25, 0.3) is 0 Å². The van der Waals surface area contributed by atoms with Crippen molar-refractivity contribution in [2.75, 3.05) is 5.73 Å². The quantitative estimate of drug-likeness (QED) is 0.714. The number of nitrogen functional groups attached to an aromatic ring is 1. The zero-order chi connectivity index (χ0) is 6.85. The number of halogens is 1. The first-order chi connectivity index (χ1) is 4.20. The lowest BCUT2D eigenvalue weighted by Gasteiger charge is -1.92. The van der Waals surface area contributed by atoms with Crippen LogP contribution in [0.2, 0.25) is 0 Å². The summed E-state index contributed by atoms with van der Waals surface area (Å²) in [6.45, 7) is 4.14.